The lowest BCUT2D eigenvalue weighted by Gasteiger charge is -2.09. The molecule has 104 valence electrons. The largest absolute Gasteiger partial charge is 0.387 e. The van der Waals surface area contributed by atoms with Crippen LogP contribution < -0.4 is 5.32 Å². The topological polar surface area (TPSA) is 49.3 Å². The zero-order valence-electron chi connectivity index (χ0n) is 11.2. The zero-order valence-corrected chi connectivity index (χ0v) is 12.1. The molecule has 0 aliphatic rings. The van der Waals surface area contributed by atoms with Gasteiger partial charge in [0.1, 0.15) is 0 Å². The summed E-state index contributed by atoms with van der Waals surface area (Å²) in [6, 6.07) is 11.6. The fraction of sp³-hybridized carbons (Fsp3) is 0.188. The summed E-state index contributed by atoms with van der Waals surface area (Å²) in [6.45, 7) is 2.11. The Morgan fingerprint density at radius 2 is 2.10 bits per heavy atom. The number of carbonyl (C=O) groups excluding carboxylic acids is 1. The van der Waals surface area contributed by atoms with Crippen LogP contribution in [0.3, 0.4) is 0 Å². The Hall–Kier alpha value is -1.91. The molecule has 20 heavy (non-hydrogen) atoms. The predicted octanol–water partition coefficient (Wildman–Crippen LogP) is 3.00. The Balaban J connectivity index is 1.89. The first kappa shape index (κ1) is 14.5. The molecular weight excluding hydrogens is 270 g/mol. The van der Waals surface area contributed by atoms with Gasteiger partial charge in [-0.05, 0) is 40.5 Å². The Morgan fingerprint density at radius 3 is 2.75 bits per heavy atom. The van der Waals surface area contributed by atoms with E-state index in [1.807, 2.05) is 54.1 Å². The maximum atomic E-state index is 11.8. The van der Waals surface area contributed by atoms with E-state index in [1.165, 1.54) is 11.3 Å². The van der Waals surface area contributed by atoms with E-state index in [-0.39, 0.29) is 12.5 Å². The maximum absolute atomic E-state index is 11.8. The summed E-state index contributed by atoms with van der Waals surface area (Å²) in [5.41, 5.74) is 2.74. The third-order valence-electron chi connectivity index (χ3n) is 2.97. The van der Waals surface area contributed by atoms with E-state index < -0.39 is 6.10 Å². The van der Waals surface area contributed by atoms with Crippen LogP contribution in [0.5, 0.6) is 0 Å². The molecule has 1 unspecified atom stereocenters. The average molecular weight is 287 g/mol. The Bertz CT molecular complexity index is 576. The van der Waals surface area contributed by atoms with Crippen LogP contribution in [-0.2, 0) is 4.79 Å². The molecule has 1 aromatic carbocycles. The van der Waals surface area contributed by atoms with Gasteiger partial charge in [0.05, 0.1) is 6.10 Å². The van der Waals surface area contributed by atoms with E-state index in [9.17, 15) is 9.90 Å². The van der Waals surface area contributed by atoms with E-state index in [2.05, 4.69) is 5.32 Å². The lowest BCUT2D eigenvalue weighted by atomic mass is 10.1. The van der Waals surface area contributed by atoms with Gasteiger partial charge in [-0.2, -0.15) is 11.3 Å². The van der Waals surface area contributed by atoms with Gasteiger partial charge in [-0.1, -0.05) is 30.3 Å². The fourth-order valence-corrected chi connectivity index (χ4v) is 2.52. The standard InChI is InChI=1S/C16H17NO2S/c1-12(13-5-3-2-4-6-13)9-16(19)17-10-15(18)14-7-8-20-11-14/h2-9,11,15,18H,10H2,1H3,(H,17,19). The van der Waals surface area contributed by atoms with Gasteiger partial charge in [0.15, 0.2) is 0 Å². The van der Waals surface area contributed by atoms with Crippen molar-refractivity contribution >= 4 is 22.8 Å². The van der Waals surface area contributed by atoms with Gasteiger partial charge < -0.3 is 10.4 Å². The number of benzene rings is 1. The van der Waals surface area contributed by atoms with Gasteiger partial charge in [0.2, 0.25) is 5.91 Å². The Labute approximate surface area is 122 Å². The van der Waals surface area contributed by atoms with Gasteiger partial charge >= 0.3 is 0 Å². The first-order chi connectivity index (χ1) is 9.66. The summed E-state index contributed by atoms with van der Waals surface area (Å²) >= 11 is 1.53. The summed E-state index contributed by atoms with van der Waals surface area (Å²) in [4.78, 5) is 11.8. The van der Waals surface area contributed by atoms with E-state index in [0.29, 0.717) is 0 Å². The second-order valence-corrected chi connectivity index (χ2v) is 5.29. The van der Waals surface area contributed by atoms with Gasteiger partial charge in [0.25, 0.3) is 0 Å². The predicted molar refractivity (Wildman–Crippen MR) is 82.4 cm³/mol. The van der Waals surface area contributed by atoms with E-state index in [4.69, 9.17) is 0 Å². The van der Waals surface area contributed by atoms with Crippen molar-refractivity contribution in [3.8, 4) is 0 Å². The highest BCUT2D eigenvalue weighted by Crippen LogP contribution is 2.15. The minimum atomic E-state index is -0.657. The minimum absolute atomic E-state index is 0.194. The molecule has 0 radical (unpaired) electrons. The number of rotatable bonds is 5. The van der Waals surface area contributed by atoms with E-state index in [0.717, 1.165) is 16.7 Å². The normalized spacial score (nSPS) is 13.0. The summed E-state index contributed by atoms with van der Waals surface area (Å²) in [7, 11) is 0. The zero-order chi connectivity index (χ0) is 14.4. The number of thiophene rings is 1. The molecule has 0 spiro atoms. The third kappa shape index (κ3) is 4.05. The van der Waals surface area contributed by atoms with Crippen molar-refractivity contribution in [3.05, 3.63) is 64.4 Å². The van der Waals surface area contributed by atoms with Crippen LogP contribution in [0.4, 0.5) is 0 Å². The first-order valence-corrected chi connectivity index (χ1v) is 7.33. The lowest BCUT2D eigenvalue weighted by molar-refractivity contribution is -0.116. The molecule has 1 atom stereocenters. The first-order valence-electron chi connectivity index (χ1n) is 6.38. The van der Waals surface area contributed by atoms with Crippen molar-refractivity contribution in [2.24, 2.45) is 0 Å². The molecule has 2 N–H and O–H groups in total. The molecule has 0 aliphatic heterocycles. The summed E-state index contributed by atoms with van der Waals surface area (Å²) in [5.74, 6) is -0.194. The number of allylic oxidation sites excluding steroid dienone is 1. The van der Waals surface area contributed by atoms with Crippen LogP contribution in [0.1, 0.15) is 24.2 Å². The third-order valence-corrected chi connectivity index (χ3v) is 3.68. The van der Waals surface area contributed by atoms with Crippen LogP contribution in [0, 0.1) is 0 Å². The molecule has 2 rings (SSSR count). The smallest absolute Gasteiger partial charge is 0.244 e. The quantitative estimate of drug-likeness (QED) is 0.831. The SMILES string of the molecule is CC(=CC(=O)NCC(O)c1ccsc1)c1ccccc1. The maximum Gasteiger partial charge on any atom is 0.244 e. The molecule has 1 heterocycles. The van der Waals surface area contributed by atoms with Gasteiger partial charge in [-0.25, -0.2) is 0 Å². The number of amides is 1. The number of hydrogen-bond acceptors (Lipinski definition) is 3. The van der Waals surface area contributed by atoms with Crippen LogP contribution in [0.2, 0.25) is 0 Å². The van der Waals surface area contributed by atoms with E-state index >= 15 is 0 Å². The lowest BCUT2D eigenvalue weighted by Crippen LogP contribution is -2.26. The van der Waals surface area contributed by atoms with Crippen molar-refractivity contribution in [1.29, 1.82) is 0 Å². The molecule has 4 heteroatoms. The Morgan fingerprint density at radius 1 is 1.35 bits per heavy atom. The molecule has 0 saturated heterocycles. The van der Waals surface area contributed by atoms with Crippen LogP contribution in [0.25, 0.3) is 5.57 Å². The van der Waals surface area contributed by atoms with Crippen molar-refractivity contribution < 1.29 is 9.90 Å². The highest BCUT2D eigenvalue weighted by molar-refractivity contribution is 7.07. The molecule has 0 bridgehead atoms. The highest BCUT2D eigenvalue weighted by atomic mass is 32.1. The molecule has 0 fully saturated rings. The van der Waals surface area contributed by atoms with Gasteiger partial charge in [-0.3, -0.25) is 4.79 Å². The number of aliphatic hydroxyl groups is 1. The monoisotopic (exact) mass is 287 g/mol. The van der Waals surface area contributed by atoms with Crippen molar-refractivity contribution in [2.75, 3.05) is 6.54 Å². The number of aliphatic hydroxyl groups excluding tert-OH is 1. The molecule has 0 aliphatic carbocycles. The van der Waals surface area contributed by atoms with Crippen molar-refractivity contribution in [2.45, 2.75) is 13.0 Å². The number of hydrogen-bond donors (Lipinski definition) is 2. The summed E-state index contributed by atoms with van der Waals surface area (Å²) in [6.07, 6.45) is 0.894. The molecular formula is C16H17NO2S. The summed E-state index contributed by atoms with van der Waals surface area (Å²) < 4.78 is 0. The van der Waals surface area contributed by atoms with Crippen LogP contribution in [-0.4, -0.2) is 17.6 Å². The van der Waals surface area contributed by atoms with Crippen molar-refractivity contribution in [3.63, 3.8) is 0 Å². The van der Waals surface area contributed by atoms with Gasteiger partial charge in [-0.15, -0.1) is 0 Å². The minimum Gasteiger partial charge on any atom is -0.387 e. The molecule has 2 aromatic rings. The highest BCUT2D eigenvalue weighted by Gasteiger charge is 2.08. The number of carbonyl (C=O) groups is 1. The Kier molecular flexibility index (Phi) is 5.09. The number of nitrogens with one attached hydrogen (secondary N) is 1. The summed E-state index contributed by atoms with van der Waals surface area (Å²) in [5, 5.41) is 16.4. The van der Waals surface area contributed by atoms with Crippen molar-refractivity contribution in [1.82, 2.24) is 5.32 Å². The molecule has 1 amide bonds. The second kappa shape index (κ2) is 7.03. The average Bonchev–Trinajstić information content (AvgIpc) is 3.00. The second-order valence-electron chi connectivity index (χ2n) is 4.51. The van der Waals surface area contributed by atoms with Gasteiger partial charge in [0, 0.05) is 12.6 Å². The molecule has 3 nitrogen and oxygen atoms in total. The van der Waals surface area contributed by atoms with Crippen LogP contribution in [0.15, 0.2) is 53.2 Å². The molecule has 1 aromatic heterocycles. The van der Waals surface area contributed by atoms with E-state index in [1.54, 1.807) is 6.08 Å². The fourth-order valence-electron chi connectivity index (χ4n) is 1.81. The molecule has 0 saturated carbocycles. The van der Waals surface area contributed by atoms with Crippen LogP contribution >= 0.6 is 11.3 Å².